The molecule has 1 heterocycles. The Morgan fingerprint density at radius 3 is 2.43 bits per heavy atom. The van der Waals surface area contributed by atoms with Crippen molar-refractivity contribution >= 4 is 11.5 Å². The first kappa shape index (κ1) is 13.7. The number of methoxy groups -OCH3 is 2. The Kier molecular flexibility index (Phi) is 3.19. The van der Waals surface area contributed by atoms with Crippen molar-refractivity contribution in [1.29, 1.82) is 0 Å². The van der Waals surface area contributed by atoms with E-state index in [0.29, 0.717) is 0 Å². The molecule has 0 saturated heterocycles. The second kappa shape index (κ2) is 5.35. The number of aromatic nitrogens is 2. The van der Waals surface area contributed by atoms with Gasteiger partial charge in [-0.3, -0.25) is 5.10 Å². The fourth-order valence-corrected chi connectivity index (χ4v) is 3.09. The summed E-state index contributed by atoms with van der Waals surface area (Å²) in [6, 6.07) is 13.9. The van der Waals surface area contributed by atoms with Crippen molar-refractivity contribution in [1.82, 2.24) is 10.2 Å². The lowest BCUT2D eigenvalue weighted by molar-refractivity contribution is 0.401. The average molecular weight is 307 g/mol. The van der Waals surface area contributed by atoms with E-state index < -0.39 is 0 Å². The molecule has 1 aromatic heterocycles. The van der Waals surface area contributed by atoms with Gasteiger partial charge in [0.1, 0.15) is 23.0 Å². The molecule has 23 heavy (non-hydrogen) atoms. The van der Waals surface area contributed by atoms with Crippen LogP contribution in [0.25, 0.3) is 11.3 Å². The number of H-pyrrole nitrogens is 1. The molecule has 2 N–H and O–H groups in total. The van der Waals surface area contributed by atoms with Gasteiger partial charge in [-0.2, -0.15) is 5.10 Å². The molecule has 0 atom stereocenters. The van der Waals surface area contributed by atoms with Crippen LogP contribution in [-0.2, 0) is 6.42 Å². The van der Waals surface area contributed by atoms with Gasteiger partial charge in [0.2, 0.25) is 0 Å². The molecule has 5 nitrogen and oxygen atoms in total. The van der Waals surface area contributed by atoms with E-state index in [-0.39, 0.29) is 0 Å². The maximum Gasteiger partial charge on any atom is 0.130 e. The number of nitrogens with zero attached hydrogens (tertiary/aromatic N) is 1. The van der Waals surface area contributed by atoms with Crippen LogP contribution in [0.5, 0.6) is 11.5 Å². The van der Waals surface area contributed by atoms with Crippen LogP contribution in [0, 0.1) is 0 Å². The zero-order valence-electron chi connectivity index (χ0n) is 13.0. The summed E-state index contributed by atoms with van der Waals surface area (Å²) in [4.78, 5) is 0. The molecule has 0 amide bonds. The van der Waals surface area contributed by atoms with Crippen LogP contribution in [0.4, 0.5) is 11.5 Å². The van der Waals surface area contributed by atoms with Gasteiger partial charge in [-0.05, 0) is 24.3 Å². The largest absolute Gasteiger partial charge is 0.496 e. The number of hydrogen-bond donors (Lipinski definition) is 2. The number of para-hydroxylation sites is 1. The topological polar surface area (TPSA) is 59.2 Å². The van der Waals surface area contributed by atoms with Crippen LogP contribution in [0.15, 0.2) is 42.5 Å². The number of rotatable bonds is 4. The van der Waals surface area contributed by atoms with Crippen molar-refractivity contribution in [2.24, 2.45) is 0 Å². The lowest BCUT2D eigenvalue weighted by atomic mass is 10.1. The first-order chi connectivity index (χ1) is 11.3. The zero-order chi connectivity index (χ0) is 15.8. The summed E-state index contributed by atoms with van der Waals surface area (Å²) < 4.78 is 11.0. The lowest BCUT2D eigenvalue weighted by Gasteiger charge is -2.11. The molecule has 3 aromatic rings. The Labute approximate surface area is 134 Å². The summed E-state index contributed by atoms with van der Waals surface area (Å²) in [7, 11) is 3.36. The summed E-state index contributed by atoms with van der Waals surface area (Å²) in [6.45, 7) is 0. The first-order valence-electron chi connectivity index (χ1n) is 7.45. The van der Waals surface area contributed by atoms with E-state index in [1.807, 2.05) is 42.5 Å². The van der Waals surface area contributed by atoms with Crippen molar-refractivity contribution in [2.75, 3.05) is 19.5 Å². The molecule has 0 aliphatic heterocycles. The fraction of sp³-hybridized carbons (Fsp3) is 0.167. The summed E-state index contributed by atoms with van der Waals surface area (Å²) >= 11 is 0. The van der Waals surface area contributed by atoms with Crippen LogP contribution in [0.3, 0.4) is 0 Å². The Balaban J connectivity index is 1.78. The van der Waals surface area contributed by atoms with E-state index in [0.717, 1.165) is 51.8 Å². The van der Waals surface area contributed by atoms with Crippen LogP contribution >= 0.6 is 0 Å². The SMILES string of the molecule is COc1ccc(OC)c2c1Cc1c-2n[nH]c1Nc1ccccc1. The summed E-state index contributed by atoms with van der Waals surface area (Å²) in [5.41, 5.74) is 5.21. The Morgan fingerprint density at radius 2 is 1.70 bits per heavy atom. The smallest absolute Gasteiger partial charge is 0.130 e. The van der Waals surface area contributed by atoms with Crippen molar-refractivity contribution < 1.29 is 9.47 Å². The van der Waals surface area contributed by atoms with E-state index in [4.69, 9.17) is 9.47 Å². The monoisotopic (exact) mass is 307 g/mol. The highest BCUT2D eigenvalue weighted by atomic mass is 16.5. The third-order valence-corrected chi connectivity index (χ3v) is 4.17. The Morgan fingerprint density at radius 1 is 0.957 bits per heavy atom. The highest BCUT2D eigenvalue weighted by Crippen LogP contribution is 2.47. The van der Waals surface area contributed by atoms with E-state index in [2.05, 4.69) is 15.5 Å². The van der Waals surface area contributed by atoms with Gasteiger partial charge in [0, 0.05) is 23.2 Å². The van der Waals surface area contributed by atoms with Gasteiger partial charge >= 0.3 is 0 Å². The third-order valence-electron chi connectivity index (χ3n) is 4.17. The third kappa shape index (κ3) is 2.12. The molecule has 4 rings (SSSR count). The number of ether oxygens (including phenoxy) is 2. The van der Waals surface area contributed by atoms with Crippen molar-refractivity contribution in [3.05, 3.63) is 53.6 Å². The highest BCUT2D eigenvalue weighted by molar-refractivity contribution is 5.85. The Bertz CT molecular complexity index is 856. The molecule has 0 fully saturated rings. The molecule has 0 saturated carbocycles. The van der Waals surface area contributed by atoms with Crippen LogP contribution in [0.2, 0.25) is 0 Å². The first-order valence-corrected chi connectivity index (χ1v) is 7.45. The minimum Gasteiger partial charge on any atom is -0.496 e. The number of benzene rings is 2. The van der Waals surface area contributed by atoms with Crippen molar-refractivity contribution in [2.45, 2.75) is 6.42 Å². The molecule has 2 aromatic carbocycles. The molecule has 1 aliphatic carbocycles. The van der Waals surface area contributed by atoms with Crippen molar-refractivity contribution in [3.8, 4) is 22.8 Å². The quantitative estimate of drug-likeness (QED) is 0.603. The molecule has 116 valence electrons. The van der Waals surface area contributed by atoms with Gasteiger partial charge in [0.25, 0.3) is 0 Å². The average Bonchev–Trinajstić information content (AvgIpc) is 3.15. The number of anilines is 2. The standard InChI is InChI=1S/C18H17N3O2/c1-22-14-8-9-15(23-2)16-12(14)10-13-17(16)20-21-18(13)19-11-6-4-3-5-7-11/h3-9H,10H2,1-2H3,(H2,19,20,21). The van der Waals surface area contributed by atoms with Crippen LogP contribution in [0.1, 0.15) is 11.1 Å². The minimum absolute atomic E-state index is 0.761. The summed E-state index contributed by atoms with van der Waals surface area (Å²) in [5, 5.41) is 11.0. The zero-order valence-corrected chi connectivity index (χ0v) is 13.0. The van der Waals surface area contributed by atoms with E-state index in [1.54, 1.807) is 14.2 Å². The maximum absolute atomic E-state index is 5.51. The van der Waals surface area contributed by atoms with E-state index in [1.165, 1.54) is 0 Å². The van der Waals surface area contributed by atoms with Gasteiger partial charge in [-0.1, -0.05) is 18.2 Å². The predicted octanol–water partition coefficient (Wildman–Crippen LogP) is 3.74. The van der Waals surface area contributed by atoms with E-state index in [9.17, 15) is 0 Å². The number of aromatic amines is 1. The number of nitrogens with one attached hydrogen (secondary N) is 2. The van der Waals surface area contributed by atoms with Gasteiger partial charge in [-0.25, -0.2) is 0 Å². The second-order valence-electron chi connectivity index (χ2n) is 5.42. The van der Waals surface area contributed by atoms with Crippen LogP contribution in [-0.4, -0.2) is 24.4 Å². The molecular formula is C18H17N3O2. The maximum atomic E-state index is 5.51. The number of hydrogen-bond acceptors (Lipinski definition) is 4. The fourth-order valence-electron chi connectivity index (χ4n) is 3.09. The summed E-state index contributed by atoms with van der Waals surface area (Å²) in [6.07, 6.45) is 0.761. The second-order valence-corrected chi connectivity index (χ2v) is 5.42. The lowest BCUT2D eigenvalue weighted by Crippen LogP contribution is -1.96. The molecule has 0 spiro atoms. The van der Waals surface area contributed by atoms with Crippen LogP contribution < -0.4 is 14.8 Å². The van der Waals surface area contributed by atoms with Gasteiger partial charge in [0.05, 0.1) is 19.8 Å². The van der Waals surface area contributed by atoms with Gasteiger partial charge < -0.3 is 14.8 Å². The molecule has 1 aliphatic rings. The highest BCUT2D eigenvalue weighted by Gasteiger charge is 2.30. The normalized spacial score (nSPS) is 11.7. The molecular weight excluding hydrogens is 290 g/mol. The number of fused-ring (bicyclic) bond motifs is 3. The summed E-state index contributed by atoms with van der Waals surface area (Å²) in [5.74, 6) is 2.59. The van der Waals surface area contributed by atoms with E-state index >= 15 is 0 Å². The van der Waals surface area contributed by atoms with Crippen molar-refractivity contribution in [3.63, 3.8) is 0 Å². The van der Waals surface area contributed by atoms with Gasteiger partial charge in [0.15, 0.2) is 0 Å². The molecule has 5 heteroatoms. The van der Waals surface area contributed by atoms with Gasteiger partial charge in [-0.15, -0.1) is 0 Å². The Hall–Kier alpha value is -2.95. The minimum atomic E-state index is 0.761. The molecule has 0 bridgehead atoms. The molecule has 0 radical (unpaired) electrons. The predicted molar refractivity (Wildman–Crippen MR) is 89.7 cm³/mol. The molecule has 0 unspecified atom stereocenters.